The highest BCUT2D eigenvalue weighted by atomic mass is 19.1. The van der Waals surface area contributed by atoms with E-state index in [0.29, 0.717) is 17.1 Å². The van der Waals surface area contributed by atoms with Crippen LogP contribution in [0.15, 0.2) is 24.7 Å². The lowest BCUT2D eigenvalue weighted by atomic mass is 10.1. The Bertz CT molecular complexity index is 526. The molecule has 0 spiro atoms. The van der Waals surface area contributed by atoms with Crippen LogP contribution in [0.4, 0.5) is 10.1 Å². The van der Waals surface area contributed by atoms with Gasteiger partial charge in [0.2, 0.25) is 5.88 Å². The maximum Gasteiger partial charge on any atom is 0.218 e. The van der Waals surface area contributed by atoms with Gasteiger partial charge in [0.15, 0.2) is 0 Å². The van der Waals surface area contributed by atoms with Crippen LogP contribution < -0.4 is 10.5 Å². The molecule has 2 N–H and O–H groups in total. The second-order valence-electron chi connectivity index (χ2n) is 3.68. The standard InChI is InChI=1S/C11H13FN4O/c1-7(16-6-9(13)5-15-16)10-3-8(12)4-14-11(10)17-2/h3-7H,13H2,1-2H3. The monoisotopic (exact) mass is 236 g/mol. The van der Waals surface area contributed by atoms with Gasteiger partial charge in [-0.1, -0.05) is 0 Å². The zero-order valence-electron chi connectivity index (χ0n) is 9.59. The smallest absolute Gasteiger partial charge is 0.218 e. The van der Waals surface area contributed by atoms with Crippen LogP contribution in [-0.4, -0.2) is 21.9 Å². The van der Waals surface area contributed by atoms with Crippen LogP contribution >= 0.6 is 0 Å². The fourth-order valence-electron chi connectivity index (χ4n) is 1.62. The molecule has 0 fully saturated rings. The first-order valence-electron chi connectivity index (χ1n) is 5.11. The number of aromatic nitrogens is 3. The first-order chi connectivity index (χ1) is 8.11. The Labute approximate surface area is 98.0 Å². The summed E-state index contributed by atoms with van der Waals surface area (Å²) in [5, 5.41) is 4.08. The fraction of sp³-hybridized carbons (Fsp3) is 0.273. The largest absolute Gasteiger partial charge is 0.481 e. The highest BCUT2D eigenvalue weighted by Crippen LogP contribution is 2.26. The molecule has 6 heteroatoms. The van der Waals surface area contributed by atoms with Gasteiger partial charge in [0.25, 0.3) is 0 Å². The molecule has 2 rings (SSSR count). The third-order valence-corrected chi connectivity index (χ3v) is 2.51. The summed E-state index contributed by atoms with van der Waals surface area (Å²) >= 11 is 0. The molecule has 0 radical (unpaired) electrons. The molecular weight excluding hydrogens is 223 g/mol. The molecule has 0 aliphatic rings. The van der Waals surface area contributed by atoms with Gasteiger partial charge in [-0.25, -0.2) is 9.37 Å². The normalized spacial score (nSPS) is 12.4. The van der Waals surface area contributed by atoms with Crippen molar-refractivity contribution in [3.05, 3.63) is 36.0 Å². The maximum absolute atomic E-state index is 13.2. The molecule has 0 aliphatic carbocycles. The summed E-state index contributed by atoms with van der Waals surface area (Å²) in [5.41, 5.74) is 6.77. The van der Waals surface area contributed by atoms with Crippen LogP contribution in [0, 0.1) is 5.82 Å². The number of pyridine rings is 1. The number of anilines is 1. The minimum Gasteiger partial charge on any atom is -0.481 e. The van der Waals surface area contributed by atoms with Gasteiger partial charge < -0.3 is 10.5 Å². The molecule has 2 aromatic heterocycles. The van der Waals surface area contributed by atoms with E-state index in [1.807, 2.05) is 6.92 Å². The van der Waals surface area contributed by atoms with Gasteiger partial charge in [0.1, 0.15) is 5.82 Å². The number of hydrogen-bond donors (Lipinski definition) is 1. The first-order valence-corrected chi connectivity index (χ1v) is 5.11. The third-order valence-electron chi connectivity index (χ3n) is 2.51. The minimum absolute atomic E-state index is 0.203. The van der Waals surface area contributed by atoms with Crippen LogP contribution in [0.5, 0.6) is 5.88 Å². The number of methoxy groups -OCH3 is 1. The van der Waals surface area contributed by atoms with E-state index in [1.54, 1.807) is 10.9 Å². The van der Waals surface area contributed by atoms with E-state index in [9.17, 15) is 4.39 Å². The predicted octanol–water partition coefficient (Wildman–Crippen LogP) is 1.62. The van der Waals surface area contributed by atoms with E-state index in [1.165, 1.54) is 19.4 Å². The summed E-state index contributed by atoms with van der Waals surface area (Å²) in [6.07, 6.45) is 4.33. The molecule has 0 aliphatic heterocycles. The molecule has 0 aromatic carbocycles. The van der Waals surface area contributed by atoms with Crippen molar-refractivity contribution < 1.29 is 9.13 Å². The average molecular weight is 236 g/mol. The highest BCUT2D eigenvalue weighted by Gasteiger charge is 2.16. The van der Waals surface area contributed by atoms with Gasteiger partial charge in [-0.3, -0.25) is 4.68 Å². The zero-order valence-corrected chi connectivity index (χ0v) is 9.59. The molecule has 0 saturated carbocycles. The number of nitrogens with zero attached hydrogens (tertiary/aromatic N) is 3. The molecule has 0 amide bonds. The molecule has 1 atom stereocenters. The average Bonchev–Trinajstić information content (AvgIpc) is 2.75. The molecule has 2 heterocycles. The van der Waals surface area contributed by atoms with E-state index in [2.05, 4.69) is 10.1 Å². The van der Waals surface area contributed by atoms with Crippen molar-refractivity contribution in [2.24, 2.45) is 0 Å². The van der Waals surface area contributed by atoms with Crippen molar-refractivity contribution in [2.45, 2.75) is 13.0 Å². The number of hydrogen-bond acceptors (Lipinski definition) is 4. The zero-order chi connectivity index (χ0) is 12.4. The van der Waals surface area contributed by atoms with E-state index in [0.717, 1.165) is 6.20 Å². The van der Waals surface area contributed by atoms with Crippen LogP contribution in [0.3, 0.4) is 0 Å². The maximum atomic E-state index is 13.2. The molecule has 2 aromatic rings. The Morgan fingerprint density at radius 1 is 1.47 bits per heavy atom. The van der Waals surface area contributed by atoms with Gasteiger partial charge in [0, 0.05) is 11.8 Å². The third kappa shape index (κ3) is 2.20. The van der Waals surface area contributed by atoms with Gasteiger partial charge in [-0.15, -0.1) is 0 Å². The summed E-state index contributed by atoms with van der Waals surface area (Å²) in [6, 6.07) is 1.18. The van der Waals surface area contributed by atoms with Crippen LogP contribution in [0.25, 0.3) is 0 Å². The predicted molar refractivity (Wildman–Crippen MR) is 61.2 cm³/mol. The summed E-state index contributed by atoms with van der Waals surface area (Å²) in [6.45, 7) is 1.87. The first kappa shape index (κ1) is 11.4. The van der Waals surface area contributed by atoms with Crippen LogP contribution in [0.1, 0.15) is 18.5 Å². The second kappa shape index (κ2) is 4.40. The van der Waals surface area contributed by atoms with Crippen LogP contribution in [0.2, 0.25) is 0 Å². The Hall–Kier alpha value is -2.11. The van der Waals surface area contributed by atoms with E-state index >= 15 is 0 Å². The minimum atomic E-state index is -0.409. The fourth-order valence-corrected chi connectivity index (χ4v) is 1.62. The van der Waals surface area contributed by atoms with Crippen molar-refractivity contribution in [3.8, 4) is 5.88 Å². The van der Waals surface area contributed by atoms with Crippen molar-refractivity contribution in [1.82, 2.24) is 14.8 Å². The molecule has 0 bridgehead atoms. The number of ether oxygens (including phenoxy) is 1. The molecule has 1 unspecified atom stereocenters. The van der Waals surface area contributed by atoms with Gasteiger partial charge in [0.05, 0.1) is 31.2 Å². The number of halogens is 1. The number of rotatable bonds is 3. The Balaban J connectivity index is 2.42. The lowest BCUT2D eigenvalue weighted by Gasteiger charge is -2.15. The van der Waals surface area contributed by atoms with Crippen molar-refractivity contribution in [1.29, 1.82) is 0 Å². The summed E-state index contributed by atoms with van der Waals surface area (Å²) < 4.78 is 19.9. The lowest BCUT2D eigenvalue weighted by Crippen LogP contribution is -2.10. The summed E-state index contributed by atoms with van der Waals surface area (Å²) in [7, 11) is 1.49. The molecular formula is C11H13FN4O. The Morgan fingerprint density at radius 2 is 2.24 bits per heavy atom. The summed E-state index contributed by atoms with van der Waals surface area (Å²) in [5.74, 6) is -0.0271. The number of nitrogens with two attached hydrogens (primary N) is 1. The lowest BCUT2D eigenvalue weighted by molar-refractivity contribution is 0.381. The Morgan fingerprint density at radius 3 is 2.82 bits per heavy atom. The van der Waals surface area contributed by atoms with E-state index in [4.69, 9.17) is 10.5 Å². The van der Waals surface area contributed by atoms with Gasteiger partial charge in [-0.2, -0.15) is 5.10 Å². The van der Waals surface area contributed by atoms with E-state index < -0.39 is 5.82 Å². The van der Waals surface area contributed by atoms with Crippen molar-refractivity contribution in [2.75, 3.05) is 12.8 Å². The second-order valence-corrected chi connectivity index (χ2v) is 3.68. The SMILES string of the molecule is COc1ncc(F)cc1C(C)n1cc(N)cn1. The van der Waals surface area contributed by atoms with Crippen molar-refractivity contribution >= 4 is 5.69 Å². The molecule has 17 heavy (non-hydrogen) atoms. The van der Waals surface area contributed by atoms with Gasteiger partial charge >= 0.3 is 0 Å². The highest BCUT2D eigenvalue weighted by molar-refractivity contribution is 5.34. The quantitative estimate of drug-likeness (QED) is 0.879. The van der Waals surface area contributed by atoms with Gasteiger partial charge in [-0.05, 0) is 13.0 Å². The Kier molecular flexibility index (Phi) is 2.95. The molecule has 0 saturated heterocycles. The van der Waals surface area contributed by atoms with E-state index in [-0.39, 0.29) is 6.04 Å². The topological polar surface area (TPSA) is 66.0 Å². The molecule has 90 valence electrons. The van der Waals surface area contributed by atoms with Crippen molar-refractivity contribution in [3.63, 3.8) is 0 Å². The summed E-state index contributed by atoms with van der Waals surface area (Å²) in [4.78, 5) is 3.88. The number of nitrogen functional groups attached to an aromatic ring is 1. The molecule has 5 nitrogen and oxygen atoms in total. The van der Waals surface area contributed by atoms with Crippen LogP contribution in [-0.2, 0) is 0 Å².